The quantitative estimate of drug-likeness (QED) is 0.761. The molecule has 2 rings (SSSR count). The molecule has 0 N–H and O–H groups in total. The highest BCUT2D eigenvalue weighted by Gasteiger charge is 2.25. The summed E-state index contributed by atoms with van der Waals surface area (Å²) in [5, 5.41) is 0. The van der Waals surface area contributed by atoms with E-state index in [1.165, 1.54) is 0 Å². The molecule has 0 aliphatic carbocycles. The van der Waals surface area contributed by atoms with Gasteiger partial charge in [-0.1, -0.05) is 0 Å². The molecule has 0 bridgehead atoms. The van der Waals surface area contributed by atoms with Gasteiger partial charge in [0.1, 0.15) is 0 Å². The van der Waals surface area contributed by atoms with Gasteiger partial charge in [-0.05, 0) is 38.8 Å². The number of ether oxygens (including phenoxy) is 1. The van der Waals surface area contributed by atoms with Crippen molar-refractivity contribution >= 4 is 5.78 Å². The molecule has 1 aliphatic heterocycles. The van der Waals surface area contributed by atoms with Crippen LogP contribution in [0.25, 0.3) is 0 Å². The second-order valence-corrected chi connectivity index (χ2v) is 5.61. The van der Waals surface area contributed by atoms with E-state index in [0.717, 1.165) is 43.1 Å². The monoisotopic (exact) mass is 264 g/mol. The van der Waals surface area contributed by atoms with E-state index in [4.69, 9.17) is 4.74 Å². The van der Waals surface area contributed by atoms with E-state index < -0.39 is 0 Å². The zero-order chi connectivity index (χ0) is 14.0. The molecule has 0 radical (unpaired) electrons. The van der Waals surface area contributed by atoms with Crippen LogP contribution in [0.5, 0.6) is 0 Å². The molecule has 0 amide bonds. The van der Waals surface area contributed by atoms with E-state index >= 15 is 0 Å². The molecule has 19 heavy (non-hydrogen) atoms. The minimum Gasteiger partial charge on any atom is -0.384 e. The van der Waals surface area contributed by atoms with Crippen LogP contribution in [0, 0.1) is 19.8 Å². The van der Waals surface area contributed by atoms with Crippen LogP contribution < -0.4 is 0 Å². The van der Waals surface area contributed by atoms with Crippen LogP contribution in [0.1, 0.15) is 28.2 Å². The van der Waals surface area contributed by atoms with E-state index in [1.54, 1.807) is 7.11 Å². The lowest BCUT2D eigenvalue weighted by Gasteiger charge is -2.14. The van der Waals surface area contributed by atoms with Crippen LogP contribution >= 0.6 is 0 Å². The fraction of sp³-hybridized carbons (Fsp3) is 0.667. The summed E-state index contributed by atoms with van der Waals surface area (Å²) < 4.78 is 7.26. The highest BCUT2D eigenvalue weighted by molar-refractivity contribution is 5.99. The molecule has 1 aromatic rings. The third kappa shape index (κ3) is 3.07. The molecule has 1 unspecified atom stereocenters. The first-order valence-corrected chi connectivity index (χ1v) is 6.90. The van der Waals surface area contributed by atoms with Gasteiger partial charge in [-0.25, -0.2) is 0 Å². The third-order valence-corrected chi connectivity index (χ3v) is 4.22. The van der Waals surface area contributed by atoms with E-state index in [0.29, 0.717) is 12.5 Å². The molecule has 1 aromatic heterocycles. The highest BCUT2D eigenvalue weighted by atomic mass is 16.5. The number of carbonyl (C=O) groups is 1. The van der Waals surface area contributed by atoms with E-state index in [2.05, 4.69) is 9.47 Å². The Labute approximate surface area is 115 Å². The Balaban J connectivity index is 1.96. The lowest BCUT2D eigenvalue weighted by Crippen LogP contribution is -2.28. The van der Waals surface area contributed by atoms with Crippen molar-refractivity contribution in [3.63, 3.8) is 0 Å². The van der Waals surface area contributed by atoms with Crippen LogP contribution in [0.2, 0.25) is 0 Å². The van der Waals surface area contributed by atoms with Gasteiger partial charge in [0, 0.05) is 37.7 Å². The number of Topliss-reactive ketones (excluding diaryl/α,β-unsaturated/α-hetero) is 1. The maximum absolute atomic E-state index is 12.4. The second kappa shape index (κ2) is 5.88. The van der Waals surface area contributed by atoms with E-state index in [-0.39, 0.29) is 5.78 Å². The number of aromatic nitrogens is 1. The lowest BCUT2D eigenvalue weighted by molar-refractivity contribution is 0.0936. The molecule has 4 heteroatoms. The Morgan fingerprint density at radius 1 is 1.47 bits per heavy atom. The van der Waals surface area contributed by atoms with Crippen LogP contribution in [-0.4, -0.2) is 48.6 Å². The number of hydrogen-bond acceptors (Lipinski definition) is 3. The molecule has 1 atom stereocenters. The molecule has 0 aromatic carbocycles. The van der Waals surface area contributed by atoms with Crippen molar-refractivity contribution in [2.75, 3.05) is 33.4 Å². The standard InChI is InChI=1S/C15H24N2O2/c1-11-7-14(12(2)16(11)3)15(18)9-17-6-5-13(8-17)10-19-4/h7,13H,5-6,8-10H2,1-4H3. The fourth-order valence-corrected chi connectivity index (χ4v) is 2.85. The normalized spacial score (nSPS) is 20.1. The number of hydrogen-bond donors (Lipinski definition) is 0. The van der Waals surface area contributed by atoms with Gasteiger partial charge in [-0.2, -0.15) is 0 Å². The van der Waals surface area contributed by atoms with Gasteiger partial charge in [0.05, 0.1) is 13.2 Å². The van der Waals surface area contributed by atoms with Gasteiger partial charge < -0.3 is 9.30 Å². The summed E-state index contributed by atoms with van der Waals surface area (Å²) in [5.41, 5.74) is 3.07. The first kappa shape index (κ1) is 14.3. The summed E-state index contributed by atoms with van der Waals surface area (Å²) in [5.74, 6) is 0.815. The zero-order valence-corrected chi connectivity index (χ0v) is 12.4. The highest BCUT2D eigenvalue weighted by Crippen LogP contribution is 2.19. The molecule has 0 spiro atoms. The number of nitrogens with zero attached hydrogens (tertiary/aromatic N) is 2. The largest absolute Gasteiger partial charge is 0.384 e. The molecule has 1 saturated heterocycles. The van der Waals surface area contributed by atoms with Crippen LogP contribution in [0.4, 0.5) is 0 Å². The molecular weight excluding hydrogens is 240 g/mol. The van der Waals surface area contributed by atoms with Crippen molar-refractivity contribution in [3.8, 4) is 0 Å². The average Bonchev–Trinajstić information content (AvgIpc) is 2.90. The number of rotatable bonds is 5. The molecule has 1 fully saturated rings. The summed E-state index contributed by atoms with van der Waals surface area (Å²) >= 11 is 0. The predicted octanol–water partition coefficient (Wildman–Crippen LogP) is 1.79. The molecule has 4 nitrogen and oxygen atoms in total. The van der Waals surface area contributed by atoms with Gasteiger partial charge in [0.15, 0.2) is 5.78 Å². The number of methoxy groups -OCH3 is 1. The second-order valence-electron chi connectivity index (χ2n) is 5.61. The predicted molar refractivity (Wildman–Crippen MR) is 75.6 cm³/mol. The SMILES string of the molecule is COCC1CCN(CC(=O)c2cc(C)n(C)c2C)C1. The number of carbonyl (C=O) groups excluding carboxylic acids is 1. The van der Waals surface area contributed by atoms with Crippen molar-refractivity contribution in [1.29, 1.82) is 0 Å². The smallest absolute Gasteiger partial charge is 0.178 e. The molecule has 0 saturated carbocycles. The lowest BCUT2D eigenvalue weighted by atomic mass is 10.1. The average molecular weight is 264 g/mol. The molecule has 2 heterocycles. The van der Waals surface area contributed by atoms with Crippen molar-refractivity contribution in [2.45, 2.75) is 20.3 Å². The molecule has 106 valence electrons. The summed E-state index contributed by atoms with van der Waals surface area (Å²) in [6.07, 6.45) is 1.13. The fourth-order valence-electron chi connectivity index (χ4n) is 2.85. The summed E-state index contributed by atoms with van der Waals surface area (Å²) in [6.45, 7) is 7.36. The summed E-state index contributed by atoms with van der Waals surface area (Å²) in [6, 6.07) is 2.00. The Hall–Kier alpha value is -1.13. The van der Waals surface area contributed by atoms with Crippen molar-refractivity contribution < 1.29 is 9.53 Å². The van der Waals surface area contributed by atoms with Crippen LogP contribution in [0.15, 0.2) is 6.07 Å². The van der Waals surface area contributed by atoms with Gasteiger partial charge in [0.2, 0.25) is 0 Å². The van der Waals surface area contributed by atoms with E-state index in [1.807, 2.05) is 27.0 Å². The van der Waals surface area contributed by atoms with Crippen LogP contribution in [0.3, 0.4) is 0 Å². The first-order valence-electron chi connectivity index (χ1n) is 6.90. The van der Waals surface area contributed by atoms with Gasteiger partial charge in [0.25, 0.3) is 0 Å². The van der Waals surface area contributed by atoms with Gasteiger partial charge in [-0.15, -0.1) is 0 Å². The van der Waals surface area contributed by atoms with Crippen LogP contribution in [-0.2, 0) is 11.8 Å². The van der Waals surface area contributed by atoms with Crippen molar-refractivity contribution in [3.05, 3.63) is 23.0 Å². The Morgan fingerprint density at radius 3 is 2.79 bits per heavy atom. The van der Waals surface area contributed by atoms with Gasteiger partial charge >= 0.3 is 0 Å². The van der Waals surface area contributed by atoms with E-state index in [9.17, 15) is 4.79 Å². The minimum atomic E-state index is 0.235. The Morgan fingerprint density at radius 2 is 2.21 bits per heavy atom. The third-order valence-electron chi connectivity index (χ3n) is 4.22. The summed E-state index contributed by atoms with van der Waals surface area (Å²) in [7, 11) is 3.75. The number of likely N-dealkylation sites (tertiary alicyclic amines) is 1. The van der Waals surface area contributed by atoms with Crippen molar-refractivity contribution in [1.82, 2.24) is 9.47 Å². The Bertz CT molecular complexity index is 465. The summed E-state index contributed by atoms with van der Waals surface area (Å²) in [4.78, 5) is 14.6. The number of aryl methyl sites for hydroxylation is 1. The topological polar surface area (TPSA) is 34.5 Å². The van der Waals surface area contributed by atoms with Gasteiger partial charge in [-0.3, -0.25) is 9.69 Å². The number of ketones is 1. The zero-order valence-electron chi connectivity index (χ0n) is 12.4. The Kier molecular flexibility index (Phi) is 4.42. The molecular formula is C15H24N2O2. The minimum absolute atomic E-state index is 0.235. The molecule has 1 aliphatic rings. The maximum Gasteiger partial charge on any atom is 0.178 e. The first-order chi connectivity index (χ1) is 9.02. The van der Waals surface area contributed by atoms with Crippen molar-refractivity contribution in [2.24, 2.45) is 13.0 Å². The maximum atomic E-state index is 12.4.